The van der Waals surface area contributed by atoms with Crippen molar-refractivity contribution in [2.75, 3.05) is 6.54 Å². The molecule has 0 aromatic heterocycles. The van der Waals surface area contributed by atoms with Gasteiger partial charge in [0.25, 0.3) is 0 Å². The van der Waals surface area contributed by atoms with Gasteiger partial charge in [0.2, 0.25) is 10.0 Å². The van der Waals surface area contributed by atoms with E-state index in [9.17, 15) is 13.5 Å². The second-order valence-electron chi connectivity index (χ2n) is 5.72. The molecule has 1 unspecified atom stereocenters. The van der Waals surface area contributed by atoms with E-state index in [1.807, 2.05) is 13.0 Å². The Balaban J connectivity index is 2.14. The Morgan fingerprint density at radius 1 is 1.37 bits per heavy atom. The molecule has 1 aliphatic rings. The van der Waals surface area contributed by atoms with Crippen LogP contribution in [0.4, 0.5) is 0 Å². The lowest BCUT2D eigenvalue weighted by atomic mass is 10.0. The van der Waals surface area contributed by atoms with Gasteiger partial charge in [-0.25, -0.2) is 13.1 Å². The molecule has 0 heterocycles. The molecule has 5 heteroatoms. The van der Waals surface area contributed by atoms with Crippen LogP contribution in [0.1, 0.15) is 30.9 Å². The number of benzene rings is 1. The molecule has 2 rings (SSSR count). The average Bonchev–Trinajstić information content (AvgIpc) is 3.10. The fraction of sp³-hybridized carbons (Fsp3) is 0.571. The summed E-state index contributed by atoms with van der Waals surface area (Å²) in [6, 6.07) is 5.23. The molecule has 0 amide bonds. The zero-order valence-corrected chi connectivity index (χ0v) is 12.4. The highest BCUT2D eigenvalue weighted by Crippen LogP contribution is 2.39. The highest BCUT2D eigenvalue weighted by atomic mass is 32.2. The molecule has 19 heavy (non-hydrogen) atoms. The number of rotatable bonds is 5. The number of hydrogen-bond donors (Lipinski definition) is 2. The normalized spacial score (nSPS) is 19.2. The highest BCUT2D eigenvalue weighted by molar-refractivity contribution is 7.89. The molecule has 1 aromatic rings. The summed E-state index contributed by atoms with van der Waals surface area (Å²) in [7, 11) is -3.56. The Morgan fingerprint density at radius 2 is 2.00 bits per heavy atom. The fourth-order valence-corrected chi connectivity index (χ4v) is 3.64. The molecule has 4 nitrogen and oxygen atoms in total. The van der Waals surface area contributed by atoms with E-state index in [0.717, 1.165) is 24.0 Å². The maximum Gasteiger partial charge on any atom is 0.240 e. The van der Waals surface area contributed by atoms with Crippen LogP contribution < -0.4 is 4.72 Å². The molecule has 0 saturated heterocycles. The third kappa shape index (κ3) is 3.35. The molecule has 0 spiro atoms. The van der Waals surface area contributed by atoms with Gasteiger partial charge in [-0.15, -0.1) is 0 Å². The molecule has 2 N–H and O–H groups in total. The van der Waals surface area contributed by atoms with Crippen molar-refractivity contribution in [1.82, 2.24) is 4.72 Å². The van der Waals surface area contributed by atoms with Gasteiger partial charge in [-0.05, 0) is 51.2 Å². The number of sulfonamides is 1. The van der Waals surface area contributed by atoms with Gasteiger partial charge in [0.1, 0.15) is 0 Å². The van der Waals surface area contributed by atoms with Gasteiger partial charge >= 0.3 is 0 Å². The zero-order chi connectivity index (χ0) is 14.3. The first kappa shape index (κ1) is 14.5. The molecule has 106 valence electrons. The Kier molecular flexibility index (Phi) is 3.73. The first-order valence-electron chi connectivity index (χ1n) is 6.52. The van der Waals surface area contributed by atoms with Gasteiger partial charge in [0, 0.05) is 6.54 Å². The summed E-state index contributed by atoms with van der Waals surface area (Å²) in [5.41, 5.74) is 0.797. The maximum atomic E-state index is 12.2. The predicted octanol–water partition coefficient (Wildman–Crippen LogP) is 1.74. The zero-order valence-electron chi connectivity index (χ0n) is 11.6. The molecule has 0 radical (unpaired) electrons. The van der Waals surface area contributed by atoms with E-state index in [1.54, 1.807) is 26.0 Å². The molecule has 1 aromatic carbocycles. The Hall–Kier alpha value is -0.910. The maximum absolute atomic E-state index is 12.2. The Labute approximate surface area is 114 Å². The van der Waals surface area contributed by atoms with Gasteiger partial charge in [-0.3, -0.25) is 0 Å². The summed E-state index contributed by atoms with van der Waals surface area (Å²) in [6.07, 6.45) is 1.94. The van der Waals surface area contributed by atoms with Crippen molar-refractivity contribution in [1.29, 1.82) is 0 Å². The lowest BCUT2D eigenvalue weighted by molar-refractivity contribution is 0.0422. The lowest BCUT2D eigenvalue weighted by Gasteiger charge is -2.23. The van der Waals surface area contributed by atoms with E-state index in [1.165, 1.54) is 0 Å². The molecule has 0 aliphatic heterocycles. The summed E-state index contributed by atoms with van der Waals surface area (Å²) >= 11 is 0. The Bertz CT molecular complexity index is 574. The quantitative estimate of drug-likeness (QED) is 0.865. The number of aryl methyl sites for hydroxylation is 2. The van der Waals surface area contributed by atoms with E-state index in [0.29, 0.717) is 0 Å². The van der Waals surface area contributed by atoms with E-state index in [4.69, 9.17) is 0 Å². The molecule has 0 bridgehead atoms. The minimum Gasteiger partial charge on any atom is -0.389 e. The minimum absolute atomic E-state index is 0.0628. The largest absolute Gasteiger partial charge is 0.389 e. The van der Waals surface area contributed by atoms with Gasteiger partial charge in [0.15, 0.2) is 0 Å². The average molecular weight is 283 g/mol. The summed E-state index contributed by atoms with van der Waals surface area (Å²) in [6.45, 7) is 5.46. The van der Waals surface area contributed by atoms with Crippen LogP contribution in [-0.2, 0) is 10.0 Å². The summed E-state index contributed by atoms with van der Waals surface area (Å²) < 4.78 is 27.0. The third-order valence-electron chi connectivity index (χ3n) is 3.70. The van der Waals surface area contributed by atoms with E-state index < -0.39 is 15.6 Å². The predicted molar refractivity (Wildman–Crippen MR) is 74.5 cm³/mol. The van der Waals surface area contributed by atoms with Gasteiger partial charge < -0.3 is 5.11 Å². The van der Waals surface area contributed by atoms with Gasteiger partial charge in [0.05, 0.1) is 10.5 Å². The molecule has 1 atom stereocenters. The van der Waals surface area contributed by atoms with Crippen LogP contribution in [0.25, 0.3) is 0 Å². The summed E-state index contributed by atoms with van der Waals surface area (Å²) in [4.78, 5) is 0.282. The van der Waals surface area contributed by atoms with Crippen LogP contribution in [0.2, 0.25) is 0 Å². The lowest BCUT2D eigenvalue weighted by Crippen LogP contribution is -2.42. The standard InChI is InChI=1S/C14H21NO3S/c1-10-4-7-13(11(2)8-10)19(17,18)15-9-14(3,16)12-5-6-12/h4,7-8,12,15-16H,5-6,9H2,1-3H3. The molecule has 1 aliphatic carbocycles. The van der Waals surface area contributed by atoms with Crippen LogP contribution >= 0.6 is 0 Å². The molecular formula is C14H21NO3S. The van der Waals surface area contributed by atoms with Crippen molar-refractivity contribution < 1.29 is 13.5 Å². The first-order valence-corrected chi connectivity index (χ1v) is 8.00. The minimum atomic E-state index is -3.56. The molecule has 1 fully saturated rings. The third-order valence-corrected chi connectivity index (χ3v) is 5.26. The second-order valence-corrected chi connectivity index (χ2v) is 7.46. The Morgan fingerprint density at radius 3 is 2.53 bits per heavy atom. The van der Waals surface area contributed by atoms with E-state index in [-0.39, 0.29) is 17.4 Å². The van der Waals surface area contributed by atoms with Crippen molar-refractivity contribution in [2.24, 2.45) is 5.92 Å². The van der Waals surface area contributed by atoms with E-state index in [2.05, 4.69) is 4.72 Å². The van der Waals surface area contributed by atoms with Gasteiger partial charge in [-0.2, -0.15) is 0 Å². The van der Waals surface area contributed by atoms with Crippen molar-refractivity contribution in [3.63, 3.8) is 0 Å². The van der Waals surface area contributed by atoms with E-state index >= 15 is 0 Å². The number of hydrogen-bond acceptors (Lipinski definition) is 3. The highest BCUT2D eigenvalue weighted by Gasteiger charge is 2.40. The molecule has 1 saturated carbocycles. The van der Waals surface area contributed by atoms with Crippen molar-refractivity contribution in [3.8, 4) is 0 Å². The smallest absolute Gasteiger partial charge is 0.240 e. The SMILES string of the molecule is Cc1ccc(S(=O)(=O)NCC(C)(O)C2CC2)c(C)c1. The van der Waals surface area contributed by atoms with Gasteiger partial charge in [-0.1, -0.05) is 17.7 Å². The van der Waals surface area contributed by atoms with Crippen LogP contribution in [0.5, 0.6) is 0 Å². The monoisotopic (exact) mass is 283 g/mol. The second kappa shape index (κ2) is 4.89. The van der Waals surface area contributed by atoms with Crippen LogP contribution in [-0.4, -0.2) is 25.7 Å². The van der Waals surface area contributed by atoms with Crippen molar-refractivity contribution in [2.45, 2.75) is 44.1 Å². The number of aliphatic hydroxyl groups is 1. The van der Waals surface area contributed by atoms with Crippen molar-refractivity contribution >= 4 is 10.0 Å². The van der Waals surface area contributed by atoms with Crippen LogP contribution in [0.3, 0.4) is 0 Å². The fourth-order valence-electron chi connectivity index (χ4n) is 2.27. The summed E-state index contributed by atoms with van der Waals surface area (Å²) in [5, 5.41) is 10.2. The van der Waals surface area contributed by atoms with Crippen molar-refractivity contribution in [3.05, 3.63) is 29.3 Å². The first-order chi connectivity index (χ1) is 8.72. The van der Waals surface area contributed by atoms with Crippen LogP contribution in [0, 0.1) is 19.8 Å². The molecular weight excluding hydrogens is 262 g/mol. The van der Waals surface area contributed by atoms with Crippen LogP contribution in [0.15, 0.2) is 23.1 Å². The summed E-state index contributed by atoms with van der Waals surface area (Å²) in [5.74, 6) is 0.217. The number of nitrogens with one attached hydrogen (secondary N) is 1. The topological polar surface area (TPSA) is 66.4 Å².